The molecule has 2 aromatic rings. The van der Waals surface area contributed by atoms with Gasteiger partial charge in [-0.15, -0.1) is 0 Å². The minimum Gasteiger partial charge on any atom is -0.359 e. The van der Waals surface area contributed by atoms with Crippen molar-refractivity contribution in [3.63, 3.8) is 0 Å². The summed E-state index contributed by atoms with van der Waals surface area (Å²) in [7, 11) is 0. The fourth-order valence-corrected chi connectivity index (χ4v) is 2.87. The number of aryl methyl sites for hydroxylation is 2. The summed E-state index contributed by atoms with van der Waals surface area (Å²) < 4.78 is 44.9. The standard InChI is InChI=1S/C14H14ClF3N4O2/c1-6-11(7(2)24-21-6)19-9(23)5-22-12(8-3-4-8)10(15)13(20-22)14(16,17)18/h8H,3-5H2,1-2H3,(H,19,23). The Hall–Kier alpha value is -2.03. The molecule has 0 unspecified atom stereocenters. The van der Waals surface area contributed by atoms with Crippen molar-refractivity contribution in [1.29, 1.82) is 0 Å². The quantitative estimate of drug-likeness (QED) is 0.900. The van der Waals surface area contributed by atoms with E-state index in [1.807, 2.05) is 0 Å². The first-order chi connectivity index (χ1) is 11.2. The lowest BCUT2D eigenvalue weighted by molar-refractivity contribution is -0.141. The fourth-order valence-electron chi connectivity index (χ4n) is 2.48. The van der Waals surface area contributed by atoms with E-state index in [1.54, 1.807) is 13.8 Å². The largest absolute Gasteiger partial charge is 0.436 e. The van der Waals surface area contributed by atoms with Gasteiger partial charge in [0.25, 0.3) is 0 Å². The monoisotopic (exact) mass is 362 g/mol. The minimum atomic E-state index is -4.66. The Morgan fingerprint density at radius 1 is 1.42 bits per heavy atom. The zero-order chi connectivity index (χ0) is 17.6. The lowest BCUT2D eigenvalue weighted by atomic mass is 10.2. The number of alkyl halides is 3. The lowest BCUT2D eigenvalue weighted by Crippen LogP contribution is -2.21. The number of carbonyl (C=O) groups is 1. The molecule has 1 fully saturated rings. The molecule has 0 atom stereocenters. The van der Waals surface area contributed by atoms with E-state index in [9.17, 15) is 18.0 Å². The number of rotatable bonds is 4. The number of nitrogens with one attached hydrogen (secondary N) is 1. The molecule has 24 heavy (non-hydrogen) atoms. The molecule has 2 aromatic heterocycles. The van der Waals surface area contributed by atoms with Crippen molar-refractivity contribution in [3.8, 4) is 0 Å². The van der Waals surface area contributed by atoms with Crippen molar-refractivity contribution in [2.45, 2.75) is 45.3 Å². The van der Waals surface area contributed by atoms with Crippen molar-refractivity contribution in [2.75, 3.05) is 5.32 Å². The normalized spacial score (nSPS) is 14.9. The second kappa shape index (κ2) is 5.80. The number of anilines is 1. The first-order valence-corrected chi connectivity index (χ1v) is 7.62. The van der Waals surface area contributed by atoms with Gasteiger partial charge in [0.1, 0.15) is 17.9 Å². The van der Waals surface area contributed by atoms with Crippen molar-refractivity contribution in [2.24, 2.45) is 0 Å². The third kappa shape index (κ3) is 3.12. The van der Waals surface area contributed by atoms with Gasteiger partial charge in [-0.25, -0.2) is 0 Å². The summed E-state index contributed by atoms with van der Waals surface area (Å²) in [5, 5.41) is 9.38. The van der Waals surface area contributed by atoms with Gasteiger partial charge in [0.2, 0.25) is 5.91 Å². The van der Waals surface area contributed by atoms with Crippen LogP contribution in [0.4, 0.5) is 18.9 Å². The van der Waals surface area contributed by atoms with Crippen LogP contribution in [-0.2, 0) is 17.5 Å². The molecule has 2 heterocycles. The van der Waals surface area contributed by atoms with Gasteiger partial charge in [-0.3, -0.25) is 9.48 Å². The van der Waals surface area contributed by atoms with E-state index in [0.717, 1.165) is 17.5 Å². The zero-order valence-corrected chi connectivity index (χ0v) is 13.6. The molecule has 3 rings (SSSR count). The molecule has 1 aliphatic rings. The van der Waals surface area contributed by atoms with Gasteiger partial charge >= 0.3 is 6.18 Å². The highest BCUT2D eigenvalue weighted by Gasteiger charge is 2.42. The Kier molecular flexibility index (Phi) is 4.06. The van der Waals surface area contributed by atoms with E-state index >= 15 is 0 Å². The number of carbonyl (C=O) groups excluding carboxylic acids is 1. The maximum atomic E-state index is 13.0. The Morgan fingerprint density at radius 2 is 2.08 bits per heavy atom. The van der Waals surface area contributed by atoms with Crippen LogP contribution in [-0.4, -0.2) is 20.8 Å². The molecule has 1 amide bonds. The average Bonchev–Trinajstić information content (AvgIpc) is 3.19. The van der Waals surface area contributed by atoms with Gasteiger partial charge in [-0.1, -0.05) is 16.8 Å². The highest BCUT2D eigenvalue weighted by molar-refractivity contribution is 6.32. The van der Waals surface area contributed by atoms with Crippen molar-refractivity contribution in [3.05, 3.63) is 27.9 Å². The lowest BCUT2D eigenvalue weighted by Gasteiger charge is -2.08. The van der Waals surface area contributed by atoms with Crippen molar-refractivity contribution in [1.82, 2.24) is 14.9 Å². The van der Waals surface area contributed by atoms with Gasteiger partial charge in [0, 0.05) is 5.92 Å². The predicted molar refractivity (Wildman–Crippen MR) is 78.8 cm³/mol. The van der Waals surface area contributed by atoms with Crippen LogP contribution in [0.3, 0.4) is 0 Å². The SMILES string of the molecule is Cc1noc(C)c1NC(=O)Cn1nc(C(F)(F)F)c(Cl)c1C1CC1. The summed E-state index contributed by atoms with van der Waals surface area (Å²) >= 11 is 5.87. The number of hydrogen-bond acceptors (Lipinski definition) is 4. The molecular formula is C14H14ClF3N4O2. The second-order valence-corrected chi connectivity index (χ2v) is 6.10. The smallest absolute Gasteiger partial charge is 0.359 e. The molecule has 1 aliphatic carbocycles. The van der Waals surface area contributed by atoms with Crippen LogP contribution in [0.2, 0.25) is 5.02 Å². The Bertz CT molecular complexity index is 773. The van der Waals surface area contributed by atoms with Crippen LogP contribution in [0.25, 0.3) is 0 Å². The number of aromatic nitrogens is 3. The summed E-state index contributed by atoms with van der Waals surface area (Å²) in [4.78, 5) is 12.2. The Balaban J connectivity index is 1.85. The van der Waals surface area contributed by atoms with Gasteiger partial charge < -0.3 is 9.84 Å². The van der Waals surface area contributed by atoms with Gasteiger partial charge in [-0.05, 0) is 26.7 Å². The Labute approximate surface area is 139 Å². The molecule has 0 aliphatic heterocycles. The van der Waals surface area contributed by atoms with Gasteiger partial charge in [-0.2, -0.15) is 18.3 Å². The van der Waals surface area contributed by atoms with Crippen LogP contribution in [0.5, 0.6) is 0 Å². The van der Waals surface area contributed by atoms with E-state index in [1.165, 1.54) is 0 Å². The van der Waals surface area contributed by atoms with Gasteiger partial charge in [0.05, 0.1) is 10.7 Å². The summed E-state index contributed by atoms with van der Waals surface area (Å²) in [6.07, 6.45) is -3.20. The number of amides is 1. The minimum absolute atomic E-state index is 0.0898. The highest BCUT2D eigenvalue weighted by atomic mass is 35.5. The molecule has 6 nitrogen and oxygen atoms in total. The molecular weight excluding hydrogens is 349 g/mol. The first-order valence-electron chi connectivity index (χ1n) is 7.24. The molecule has 0 radical (unpaired) electrons. The summed E-state index contributed by atoms with van der Waals surface area (Å²) in [6.45, 7) is 2.90. The topological polar surface area (TPSA) is 73.0 Å². The second-order valence-electron chi connectivity index (χ2n) is 5.72. The van der Waals surface area contributed by atoms with E-state index in [0.29, 0.717) is 17.1 Å². The van der Waals surface area contributed by atoms with E-state index in [2.05, 4.69) is 15.6 Å². The van der Waals surface area contributed by atoms with E-state index in [4.69, 9.17) is 16.1 Å². The number of hydrogen-bond donors (Lipinski definition) is 1. The molecule has 130 valence electrons. The zero-order valence-electron chi connectivity index (χ0n) is 12.9. The number of nitrogens with zero attached hydrogens (tertiary/aromatic N) is 3. The van der Waals surface area contributed by atoms with Gasteiger partial charge in [0.15, 0.2) is 11.5 Å². The van der Waals surface area contributed by atoms with Crippen LogP contribution < -0.4 is 5.32 Å². The summed E-state index contributed by atoms with van der Waals surface area (Å²) in [6, 6.07) is 0. The molecule has 0 aromatic carbocycles. The van der Waals surface area contributed by atoms with E-state index in [-0.39, 0.29) is 18.2 Å². The maximum Gasteiger partial charge on any atom is 0.436 e. The van der Waals surface area contributed by atoms with Crippen LogP contribution in [0.15, 0.2) is 4.52 Å². The molecule has 1 N–H and O–H groups in total. The third-order valence-electron chi connectivity index (χ3n) is 3.76. The molecule has 0 bridgehead atoms. The van der Waals surface area contributed by atoms with E-state index < -0.39 is 22.8 Å². The maximum absolute atomic E-state index is 13.0. The third-order valence-corrected chi connectivity index (χ3v) is 4.13. The van der Waals surface area contributed by atoms with Crippen molar-refractivity contribution >= 4 is 23.2 Å². The molecule has 0 saturated heterocycles. The van der Waals surface area contributed by atoms with Crippen LogP contribution >= 0.6 is 11.6 Å². The fraction of sp³-hybridized carbons (Fsp3) is 0.500. The predicted octanol–water partition coefficient (Wildman–Crippen LogP) is 3.68. The summed E-state index contributed by atoms with van der Waals surface area (Å²) in [5.41, 5.74) is -0.00544. The average molecular weight is 363 g/mol. The van der Waals surface area contributed by atoms with Crippen molar-refractivity contribution < 1.29 is 22.5 Å². The molecule has 10 heteroatoms. The number of halogens is 4. The Morgan fingerprint density at radius 3 is 2.58 bits per heavy atom. The molecule has 1 saturated carbocycles. The summed E-state index contributed by atoms with van der Waals surface area (Å²) in [5.74, 6) is -0.204. The highest BCUT2D eigenvalue weighted by Crippen LogP contribution is 2.46. The first kappa shape index (κ1) is 16.8. The molecule has 0 spiro atoms. The van der Waals surface area contributed by atoms with Crippen LogP contribution in [0.1, 0.15) is 41.6 Å². The van der Waals surface area contributed by atoms with Crippen LogP contribution in [0, 0.1) is 13.8 Å².